The molecule has 1 aliphatic rings. The molecule has 2 heterocycles. The third kappa shape index (κ3) is 4.18. The molecular formula is C24H19N3O8S. The molecule has 1 amide bonds. The normalized spacial score (nSPS) is 16.8. The van der Waals surface area contributed by atoms with Crippen molar-refractivity contribution in [3.05, 3.63) is 85.9 Å². The molecule has 0 bridgehead atoms. The molecule has 1 saturated heterocycles. The molecule has 0 saturated carbocycles. The van der Waals surface area contributed by atoms with Crippen molar-refractivity contribution in [2.24, 2.45) is 0 Å². The van der Waals surface area contributed by atoms with Crippen molar-refractivity contribution < 1.29 is 33.9 Å². The van der Waals surface area contributed by atoms with Crippen LogP contribution in [0.4, 0.5) is 10.8 Å². The van der Waals surface area contributed by atoms with Gasteiger partial charge in [0.1, 0.15) is 16.4 Å². The van der Waals surface area contributed by atoms with E-state index in [2.05, 4.69) is 4.98 Å². The number of anilines is 1. The lowest BCUT2D eigenvalue weighted by Crippen LogP contribution is -2.29. The summed E-state index contributed by atoms with van der Waals surface area (Å²) in [7, 11) is 2.65. The van der Waals surface area contributed by atoms with Crippen molar-refractivity contribution in [1.29, 1.82) is 0 Å². The van der Waals surface area contributed by atoms with Crippen LogP contribution in [-0.2, 0) is 14.3 Å². The van der Waals surface area contributed by atoms with Crippen LogP contribution in [0.5, 0.6) is 5.75 Å². The fraction of sp³-hybridized carbons (Fsp3) is 0.167. The monoisotopic (exact) mass is 509 g/mol. The molecule has 1 aliphatic heterocycles. The van der Waals surface area contributed by atoms with Crippen LogP contribution in [0, 0.1) is 17.0 Å². The second-order valence-corrected chi connectivity index (χ2v) is 8.63. The van der Waals surface area contributed by atoms with E-state index in [1.54, 1.807) is 25.1 Å². The third-order valence-corrected chi connectivity index (χ3v) is 6.71. The van der Waals surface area contributed by atoms with Gasteiger partial charge in [-0.05, 0) is 36.8 Å². The molecule has 2 aromatic carbocycles. The Kier molecular flexibility index (Phi) is 6.53. The molecule has 36 heavy (non-hydrogen) atoms. The number of aryl methyl sites for hydroxylation is 1. The number of carbonyl (C=O) groups is 3. The van der Waals surface area contributed by atoms with Crippen LogP contribution in [0.3, 0.4) is 0 Å². The maximum absolute atomic E-state index is 13.2. The largest absolute Gasteiger partial charge is 0.507 e. The second-order valence-electron chi connectivity index (χ2n) is 7.65. The number of nitrogens with zero attached hydrogens (tertiary/aromatic N) is 3. The zero-order valence-corrected chi connectivity index (χ0v) is 20.1. The van der Waals surface area contributed by atoms with E-state index in [9.17, 15) is 29.6 Å². The number of hydrogen-bond acceptors (Lipinski definition) is 10. The Labute approximate surface area is 208 Å². The number of ether oxygens (including phenoxy) is 2. The maximum atomic E-state index is 13.2. The average molecular weight is 509 g/mol. The molecule has 1 aromatic heterocycles. The Bertz CT molecular complexity index is 1430. The molecule has 0 aliphatic carbocycles. The molecular weight excluding hydrogens is 490 g/mol. The van der Waals surface area contributed by atoms with Crippen LogP contribution in [0.2, 0.25) is 0 Å². The average Bonchev–Trinajstić information content (AvgIpc) is 3.39. The summed E-state index contributed by atoms with van der Waals surface area (Å²) in [5.41, 5.74) is 0.400. The Morgan fingerprint density at radius 1 is 1.17 bits per heavy atom. The molecule has 0 radical (unpaired) electrons. The van der Waals surface area contributed by atoms with E-state index in [0.717, 1.165) is 16.2 Å². The lowest BCUT2D eigenvalue weighted by molar-refractivity contribution is -0.384. The number of non-ortho nitro benzene ring substituents is 1. The van der Waals surface area contributed by atoms with Crippen LogP contribution in [0.15, 0.2) is 54.1 Å². The summed E-state index contributed by atoms with van der Waals surface area (Å²) in [4.78, 5) is 54.7. The van der Waals surface area contributed by atoms with Gasteiger partial charge in [0.05, 0.1) is 36.5 Å². The number of esters is 1. The summed E-state index contributed by atoms with van der Waals surface area (Å²) in [6.07, 6.45) is 0. The SMILES string of the molecule is COC(=O)c1sc(N2C(=O)C(=O)C(=C(O)c3cccc(OC)c3)[C@H]2c2ccc([N+](=O)[O-])cc2)nc1C. The van der Waals surface area contributed by atoms with Gasteiger partial charge in [-0.25, -0.2) is 9.78 Å². The van der Waals surface area contributed by atoms with Crippen molar-refractivity contribution in [2.45, 2.75) is 13.0 Å². The molecule has 0 unspecified atom stereocenters. The number of nitro groups is 1. The number of aliphatic hydroxyl groups excluding tert-OH is 1. The Hall–Kier alpha value is -4.58. The van der Waals surface area contributed by atoms with Crippen molar-refractivity contribution in [3.63, 3.8) is 0 Å². The minimum Gasteiger partial charge on any atom is -0.507 e. The highest BCUT2D eigenvalue weighted by Crippen LogP contribution is 2.44. The summed E-state index contributed by atoms with van der Waals surface area (Å²) < 4.78 is 9.95. The number of aromatic nitrogens is 1. The van der Waals surface area contributed by atoms with Crippen LogP contribution in [0.25, 0.3) is 5.76 Å². The van der Waals surface area contributed by atoms with Gasteiger partial charge in [-0.1, -0.05) is 23.5 Å². The first-order valence-corrected chi connectivity index (χ1v) is 11.2. The quantitative estimate of drug-likeness (QED) is 0.131. The van der Waals surface area contributed by atoms with Crippen LogP contribution in [0.1, 0.15) is 32.5 Å². The van der Waals surface area contributed by atoms with Gasteiger partial charge < -0.3 is 14.6 Å². The van der Waals surface area contributed by atoms with E-state index in [4.69, 9.17) is 9.47 Å². The molecule has 12 heteroatoms. The number of amides is 1. The van der Waals surface area contributed by atoms with E-state index in [1.807, 2.05) is 0 Å². The van der Waals surface area contributed by atoms with E-state index >= 15 is 0 Å². The van der Waals surface area contributed by atoms with E-state index in [1.165, 1.54) is 44.6 Å². The van der Waals surface area contributed by atoms with E-state index in [-0.39, 0.29) is 26.8 Å². The number of aliphatic hydroxyl groups is 1. The second kappa shape index (κ2) is 9.58. The number of ketones is 1. The smallest absolute Gasteiger partial charge is 0.350 e. The molecule has 1 atom stereocenters. The number of carbonyl (C=O) groups excluding carboxylic acids is 3. The third-order valence-electron chi connectivity index (χ3n) is 5.57. The number of rotatable bonds is 6. The number of hydrogen-bond donors (Lipinski definition) is 1. The van der Waals surface area contributed by atoms with E-state index in [0.29, 0.717) is 17.0 Å². The number of nitro benzene ring substituents is 1. The molecule has 4 rings (SSSR count). The highest BCUT2D eigenvalue weighted by Gasteiger charge is 2.48. The van der Waals surface area contributed by atoms with E-state index < -0.39 is 34.4 Å². The Morgan fingerprint density at radius 3 is 2.47 bits per heavy atom. The lowest BCUT2D eigenvalue weighted by atomic mass is 9.95. The first kappa shape index (κ1) is 24.5. The minimum atomic E-state index is -1.17. The predicted octanol–water partition coefficient (Wildman–Crippen LogP) is 3.78. The molecule has 184 valence electrons. The van der Waals surface area contributed by atoms with Gasteiger partial charge in [0.25, 0.3) is 11.5 Å². The van der Waals surface area contributed by atoms with Gasteiger partial charge in [-0.3, -0.25) is 24.6 Å². The van der Waals surface area contributed by atoms with Gasteiger partial charge in [0, 0.05) is 17.7 Å². The van der Waals surface area contributed by atoms with Crippen LogP contribution < -0.4 is 9.64 Å². The van der Waals surface area contributed by atoms with Gasteiger partial charge in [0.15, 0.2) is 5.13 Å². The highest BCUT2D eigenvalue weighted by atomic mass is 32.1. The summed E-state index contributed by atoms with van der Waals surface area (Å²) in [5.74, 6) is -2.66. The Morgan fingerprint density at radius 2 is 1.86 bits per heavy atom. The molecule has 3 aromatic rings. The highest BCUT2D eigenvalue weighted by molar-refractivity contribution is 7.17. The lowest BCUT2D eigenvalue weighted by Gasteiger charge is -2.23. The van der Waals surface area contributed by atoms with Crippen LogP contribution >= 0.6 is 11.3 Å². The first-order chi connectivity index (χ1) is 17.2. The number of thiazole rings is 1. The van der Waals surface area contributed by atoms with Gasteiger partial charge in [-0.15, -0.1) is 0 Å². The molecule has 1 fully saturated rings. The van der Waals surface area contributed by atoms with Crippen LogP contribution in [-0.4, -0.2) is 46.9 Å². The molecule has 1 N–H and O–H groups in total. The first-order valence-electron chi connectivity index (χ1n) is 10.4. The van der Waals surface area contributed by atoms with Gasteiger partial charge in [0.2, 0.25) is 0 Å². The summed E-state index contributed by atoms with van der Waals surface area (Å²) in [6.45, 7) is 1.56. The van der Waals surface area contributed by atoms with Crippen molar-refractivity contribution in [3.8, 4) is 5.75 Å². The van der Waals surface area contributed by atoms with Gasteiger partial charge in [-0.2, -0.15) is 0 Å². The number of methoxy groups -OCH3 is 2. The molecule has 0 spiro atoms. The fourth-order valence-corrected chi connectivity index (χ4v) is 4.83. The summed E-state index contributed by atoms with van der Waals surface area (Å²) in [6, 6.07) is 10.4. The minimum absolute atomic E-state index is 0.0306. The molecule has 11 nitrogen and oxygen atoms in total. The van der Waals surface area contributed by atoms with Crippen molar-refractivity contribution in [1.82, 2.24) is 4.98 Å². The zero-order chi connectivity index (χ0) is 26.1. The van der Waals surface area contributed by atoms with Crippen molar-refractivity contribution in [2.75, 3.05) is 19.1 Å². The number of benzene rings is 2. The predicted molar refractivity (Wildman–Crippen MR) is 129 cm³/mol. The maximum Gasteiger partial charge on any atom is 0.350 e. The standard InChI is InChI=1S/C24H19N3O8S/c1-12-21(23(31)35-3)36-24(25-12)26-18(13-7-9-15(10-8-13)27(32)33)17(20(29)22(26)30)19(28)14-5-4-6-16(11-14)34-2/h4-11,18,28H,1-3H3/t18-/m1/s1. The fourth-order valence-electron chi connectivity index (χ4n) is 3.82. The summed E-state index contributed by atoms with van der Waals surface area (Å²) >= 11 is 0.852. The number of Topliss-reactive ketones (excluding diaryl/α,β-unsaturated/α-hetero) is 1. The Balaban J connectivity index is 1.94. The zero-order valence-electron chi connectivity index (χ0n) is 19.3. The van der Waals surface area contributed by atoms with Gasteiger partial charge >= 0.3 is 11.9 Å². The summed E-state index contributed by atoms with van der Waals surface area (Å²) in [5, 5.41) is 22.4. The topological polar surface area (TPSA) is 149 Å². The van der Waals surface area contributed by atoms with Crippen molar-refractivity contribution >= 4 is 45.6 Å².